The molecule has 0 saturated heterocycles. The Balaban J connectivity index is 3.45. The molecule has 0 aromatic carbocycles. The number of nitrogens with one attached hydrogen (secondary N) is 1. The van der Waals surface area contributed by atoms with Gasteiger partial charge in [-0.25, -0.2) is 0 Å². The topological polar surface area (TPSA) is 55.4 Å². The van der Waals surface area contributed by atoms with Crippen LogP contribution in [-0.4, -0.2) is 18.9 Å². The third kappa shape index (κ3) is 4.83. The summed E-state index contributed by atoms with van der Waals surface area (Å²) in [5, 5.41) is 2.48. The van der Waals surface area contributed by atoms with Gasteiger partial charge in [-0.2, -0.15) is 0 Å². The number of carbonyl (C=O) groups is 2. The van der Waals surface area contributed by atoms with Crippen molar-refractivity contribution < 1.29 is 14.3 Å². The van der Waals surface area contributed by atoms with E-state index in [1.165, 1.54) is 0 Å². The number of ether oxygens (including phenoxy) is 1. The molecular weight excluding hydrogens is 134 g/mol. The van der Waals surface area contributed by atoms with Gasteiger partial charge < -0.3 is 10.1 Å². The Morgan fingerprint density at radius 2 is 2.40 bits per heavy atom. The fourth-order valence-corrected chi connectivity index (χ4v) is 0.366. The van der Waals surface area contributed by atoms with Gasteiger partial charge in [0.2, 0.25) is 5.91 Å². The summed E-state index contributed by atoms with van der Waals surface area (Å²) in [6, 6.07) is 0. The molecule has 0 radical (unpaired) electrons. The van der Waals surface area contributed by atoms with E-state index in [2.05, 4.69) is 10.1 Å². The van der Waals surface area contributed by atoms with Crippen molar-refractivity contribution in [2.75, 3.05) is 6.54 Å². The lowest BCUT2D eigenvalue weighted by atomic mass is 10.5. The first-order valence-electron chi connectivity index (χ1n) is 2.84. The Kier molecular flexibility index (Phi) is 5.04. The van der Waals surface area contributed by atoms with Crippen molar-refractivity contribution in [1.82, 2.24) is 5.32 Å². The highest BCUT2D eigenvalue weighted by Crippen LogP contribution is 1.72. The van der Waals surface area contributed by atoms with Gasteiger partial charge in [-0.1, -0.05) is 0 Å². The lowest BCUT2D eigenvalue weighted by molar-refractivity contribution is -0.123. The molecule has 0 saturated carbocycles. The molecule has 0 aromatic rings. The van der Waals surface area contributed by atoms with Crippen LogP contribution in [0.4, 0.5) is 0 Å². The minimum atomic E-state index is -0.274. The van der Waals surface area contributed by atoms with E-state index < -0.39 is 0 Å². The maximum atomic E-state index is 10.5. The molecule has 4 heteroatoms. The average Bonchev–Trinajstić information content (AvgIpc) is 1.89. The quantitative estimate of drug-likeness (QED) is 0.337. The molecule has 0 fully saturated rings. The maximum absolute atomic E-state index is 10.5. The van der Waals surface area contributed by atoms with Crippen molar-refractivity contribution in [3.8, 4) is 0 Å². The van der Waals surface area contributed by atoms with Crippen molar-refractivity contribution in [2.45, 2.75) is 6.92 Å². The highest BCUT2D eigenvalue weighted by atomic mass is 16.5. The van der Waals surface area contributed by atoms with Gasteiger partial charge in [0.15, 0.2) is 0 Å². The number of rotatable bonds is 4. The van der Waals surface area contributed by atoms with Crippen LogP contribution in [0.15, 0.2) is 12.3 Å². The zero-order chi connectivity index (χ0) is 7.82. The van der Waals surface area contributed by atoms with E-state index in [9.17, 15) is 9.59 Å². The molecule has 0 bridgehead atoms. The van der Waals surface area contributed by atoms with Gasteiger partial charge in [0.1, 0.15) is 0 Å². The molecular formula is C6H9NO3. The zero-order valence-corrected chi connectivity index (χ0v) is 5.66. The maximum Gasteiger partial charge on any atom is 0.297 e. The van der Waals surface area contributed by atoms with Crippen LogP contribution in [0.25, 0.3) is 0 Å². The SMILES string of the molecule is CCNC(=O)C=COC=O. The molecule has 1 amide bonds. The Hall–Kier alpha value is -1.32. The largest absolute Gasteiger partial charge is 0.437 e. The molecule has 0 heterocycles. The van der Waals surface area contributed by atoms with Gasteiger partial charge in [-0.05, 0) is 6.92 Å². The lowest BCUT2D eigenvalue weighted by Gasteiger charge is -1.92. The van der Waals surface area contributed by atoms with E-state index in [0.717, 1.165) is 12.3 Å². The van der Waals surface area contributed by atoms with Crippen molar-refractivity contribution in [1.29, 1.82) is 0 Å². The predicted molar refractivity (Wildman–Crippen MR) is 35.0 cm³/mol. The summed E-state index contributed by atoms with van der Waals surface area (Å²) in [7, 11) is 0. The molecule has 10 heavy (non-hydrogen) atoms. The predicted octanol–water partition coefficient (Wildman–Crippen LogP) is -0.191. The van der Waals surface area contributed by atoms with Gasteiger partial charge in [0.05, 0.1) is 6.26 Å². The molecule has 4 nitrogen and oxygen atoms in total. The van der Waals surface area contributed by atoms with Gasteiger partial charge in [-0.15, -0.1) is 0 Å². The van der Waals surface area contributed by atoms with Crippen molar-refractivity contribution >= 4 is 12.4 Å². The molecule has 56 valence electrons. The number of carbonyl (C=O) groups excluding carboxylic acids is 2. The number of likely N-dealkylation sites (N-methyl/N-ethyl adjacent to an activating group) is 1. The summed E-state index contributed by atoms with van der Waals surface area (Å²) >= 11 is 0. The summed E-state index contributed by atoms with van der Waals surface area (Å²) < 4.78 is 4.13. The normalized spacial score (nSPS) is 9.30. The van der Waals surface area contributed by atoms with Gasteiger partial charge in [-0.3, -0.25) is 9.59 Å². The standard InChI is InChI=1S/C6H9NO3/c1-2-7-6(9)3-4-10-5-8/h3-5H,2H2,1H3,(H,7,9). The second kappa shape index (κ2) is 5.81. The Labute approximate surface area is 58.9 Å². The van der Waals surface area contributed by atoms with E-state index in [1.807, 2.05) is 0 Å². The third-order valence-electron chi connectivity index (χ3n) is 0.705. The van der Waals surface area contributed by atoms with Crippen molar-refractivity contribution in [2.24, 2.45) is 0 Å². The van der Waals surface area contributed by atoms with Gasteiger partial charge in [0, 0.05) is 12.6 Å². The number of hydrogen-bond donors (Lipinski definition) is 1. The van der Waals surface area contributed by atoms with E-state index in [-0.39, 0.29) is 12.4 Å². The van der Waals surface area contributed by atoms with E-state index in [4.69, 9.17) is 0 Å². The lowest BCUT2D eigenvalue weighted by Crippen LogP contribution is -2.19. The molecule has 0 unspecified atom stereocenters. The fraction of sp³-hybridized carbons (Fsp3) is 0.333. The Bertz CT molecular complexity index is 142. The highest BCUT2D eigenvalue weighted by molar-refractivity contribution is 5.87. The second-order valence-corrected chi connectivity index (χ2v) is 1.43. The smallest absolute Gasteiger partial charge is 0.297 e. The van der Waals surface area contributed by atoms with Crippen molar-refractivity contribution in [3.63, 3.8) is 0 Å². The van der Waals surface area contributed by atoms with Crippen LogP contribution >= 0.6 is 0 Å². The first-order chi connectivity index (χ1) is 4.81. The molecule has 0 spiro atoms. The monoisotopic (exact) mass is 143 g/mol. The molecule has 1 N–H and O–H groups in total. The summed E-state index contributed by atoms with van der Waals surface area (Å²) in [6.45, 7) is 2.60. The first-order valence-corrected chi connectivity index (χ1v) is 2.84. The summed E-state index contributed by atoms with van der Waals surface area (Å²) in [4.78, 5) is 20.1. The van der Waals surface area contributed by atoms with E-state index >= 15 is 0 Å². The molecule has 0 rings (SSSR count). The Morgan fingerprint density at radius 1 is 1.70 bits per heavy atom. The number of amides is 1. The first kappa shape index (κ1) is 8.68. The number of hydrogen-bond acceptors (Lipinski definition) is 3. The highest BCUT2D eigenvalue weighted by Gasteiger charge is 1.88. The fourth-order valence-electron chi connectivity index (χ4n) is 0.366. The summed E-state index contributed by atoms with van der Waals surface area (Å²) in [5.41, 5.74) is 0. The van der Waals surface area contributed by atoms with Crippen LogP contribution in [0, 0.1) is 0 Å². The molecule has 0 atom stereocenters. The van der Waals surface area contributed by atoms with Crippen LogP contribution < -0.4 is 5.32 Å². The molecule has 0 aromatic heterocycles. The zero-order valence-electron chi connectivity index (χ0n) is 5.66. The van der Waals surface area contributed by atoms with Crippen molar-refractivity contribution in [3.05, 3.63) is 12.3 Å². The summed E-state index contributed by atoms with van der Waals surface area (Å²) in [5.74, 6) is -0.274. The minimum absolute atomic E-state index is 0.246. The summed E-state index contributed by atoms with van der Waals surface area (Å²) in [6.07, 6.45) is 2.16. The molecule has 0 aliphatic rings. The van der Waals surface area contributed by atoms with Crippen LogP contribution in [0.2, 0.25) is 0 Å². The third-order valence-corrected chi connectivity index (χ3v) is 0.705. The van der Waals surface area contributed by atoms with E-state index in [0.29, 0.717) is 6.54 Å². The van der Waals surface area contributed by atoms with Gasteiger partial charge in [0.25, 0.3) is 6.47 Å². The van der Waals surface area contributed by atoms with E-state index in [1.54, 1.807) is 6.92 Å². The Morgan fingerprint density at radius 3 is 2.90 bits per heavy atom. The molecule has 0 aliphatic heterocycles. The average molecular weight is 143 g/mol. The van der Waals surface area contributed by atoms with Gasteiger partial charge >= 0.3 is 0 Å². The van der Waals surface area contributed by atoms with Crippen LogP contribution in [0.1, 0.15) is 6.92 Å². The molecule has 0 aliphatic carbocycles. The van der Waals surface area contributed by atoms with Crippen LogP contribution in [-0.2, 0) is 14.3 Å². The van der Waals surface area contributed by atoms with Crippen LogP contribution in [0.3, 0.4) is 0 Å². The second-order valence-electron chi connectivity index (χ2n) is 1.43. The van der Waals surface area contributed by atoms with Crippen LogP contribution in [0.5, 0.6) is 0 Å². The minimum Gasteiger partial charge on any atom is -0.437 e.